The number of carbonyl (C=O) groups is 1. The Hall–Kier alpha value is -2.68. The van der Waals surface area contributed by atoms with Gasteiger partial charge in [0, 0.05) is 5.56 Å². The molecule has 0 saturated carbocycles. The van der Waals surface area contributed by atoms with Gasteiger partial charge in [-0.2, -0.15) is 0 Å². The molecule has 3 heteroatoms. The molecule has 92 valence electrons. The first-order valence-electron chi connectivity index (χ1n) is 5.96. The van der Waals surface area contributed by atoms with Gasteiger partial charge in [0.15, 0.2) is 5.70 Å². The molecule has 0 unspecified atom stereocenters. The van der Waals surface area contributed by atoms with Crippen LogP contribution in [0.1, 0.15) is 11.1 Å². The minimum atomic E-state index is -0.414. The quantitative estimate of drug-likeness (QED) is 0.606. The maximum Gasteiger partial charge on any atom is 0.363 e. The minimum Gasteiger partial charge on any atom is -0.402 e. The van der Waals surface area contributed by atoms with E-state index >= 15 is 0 Å². The molecule has 0 amide bonds. The van der Waals surface area contributed by atoms with Crippen LogP contribution in [0.2, 0.25) is 0 Å². The molecule has 1 aliphatic rings. The van der Waals surface area contributed by atoms with E-state index in [0.717, 1.165) is 11.1 Å². The fourth-order valence-corrected chi connectivity index (χ4v) is 1.82. The summed E-state index contributed by atoms with van der Waals surface area (Å²) in [6, 6.07) is 19.0. The van der Waals surface area contributed by atoms with Gasteiger partial charge in [0.25, 0.3) is 0 Å². The molecular weight excluding hydrogens is 238 g/mol. The maximum absolute atomic E-state index is 11.8. The molecular formula is C16H11NO2. The predicted octanol–water partition coefficient (Wildman–Crippen LogP) is 3.03. The lowest BCUT2D eigenvalue weighted by molar-refractivity contribution is -0.129. The van der Waals surface area contributed by atoms with Gasteiger partial charge < -0.3 is 4.74 Å². The molecule has 0 fully saturated rings. The van der Waals surface area contributed by atoms with E-state index in [0.29, 0.717) is 11.6 Å². The number of esters is 1. The zero-order valence-corrected chi connectivity index (χ0v) is 10.1. The first-order valence-corrected chi connectivity index (χ1v) is 5.96. The lowest BCUT2D eigenvalue weighted by atomic mass is 10.2. The molecule has 0 spiro atoms. The average molecular weight is 249 g/mol. The van der Waals surface area contributed by atoms with Gasteiger partial charge in [-0.3, -0.25) is 0 Å². The fraction of sp³-hybridized carbons (Fsp3) is 0. The number of benzene rings is 2. The minimum absolute atomic E-state index is 0.324. The summed E-state index contributed by atoms with van der Waals surface area (Å²) in [6.45, 7) is 0. The van der Waals surface area contributed by atoms with Crippen molar-refractivity contribution in [1.82, 2.24) is 0 Å². The molecule has 2 aromatic carbocycles. The number of carbonyl (C=O) groups excluding carboxylic acids is 1. The topological polar surface area (TPSA) is 38.7 Å². The zero-order valence-electron chi connectivity index (χ0n) is 10.1. The number of hydrogen-bond donors (Lipinski definition) is 0. The number of ether oxygens (including phenoxy) is 1. The molecule has 0 saturated heterocycles. The van der Waals surface area contributed by atoms with Crippen molar-refractivity contribution in [3.05, 3.63) is 77.5 Å². The Labute approximate surface area is 110 Å². The van der Waals surface area contributed by atoms with E-state index in [1.54, 1.807) is 6.08 Å². The Bertz CT molecular complexity index is 658. The number of hydrogen-bond acceptors (Lipinski definition) is 3. The van der Waals surface area contributed by atoms with Crippen molar-refractivity contribution in [2.75, 3.05) is 0 Å². The lowest BCUT2D eigenvalue weighted by Crippen LogP contribution is -2.04. The standard InChI is InChI=1S/C16H11NO2/c18-16-14(11-12-7-3-1-4-8-12)17-15(19-16)13-9-5-2-6-10-13/h1-11H/b14-11-. The Morgan fingerprint density at radius 2 is 1.53 bits per heavy atom. The Morgan fingerprint density at radius 3 is 2.21 bits per heavy atom. The highest BCUT2D eigenvalue weighted by molar-refractivity contribution is 6.12. The van der Waals surface area contributed by atoms with Crippen molar-refractivity contribution in [2.24, 2.45) is 4.99 Å². The largest absolute Gasteiger partial charge is 0.402 e. The van der Waals surface area contributed by atoms with Crippen molar-refractivity contribution < 1.29 is 9.53 Å². The van der Waals surface area contributed by atoms with Crippen molar-refractivity contribution in [3.63, 3.8) is 0 Å². The fourth-order valence-electron chi connectivity index (χ4n) is 1.82. The highest BCUT2D eigenvalue weighted by Crippen LogP contribution is 2.18. The summed E-state index contributed by atoms with van der Waals surface area (Å²) in [5.41, 5.74) is 2.05. The summed E-state index contributed by atoms with van der Waals surface area (Å²) < 4.78 is 5.17. The van der Waals surface area contributed by atoms with E-state index in [-0.39, 0.29) is 0 Å². The normalized spacial score (nSPS) is 16.3. The highest BCUT2D eigenvalue weighted by Gasteiger charge is 2.23. The number of rotatable bonds is 2. The van der Waals surface area contributed by atoms with Crippen LogP contribution in [0.3, 0.4) is 0 Å². The van der Waals surface area contributed by atoms with Gasteiger partial charge in [0.05, 0.1) is 0 Å². The third-order valence-electron chi connectivity index (χ3n) is 2.74. The summed E-state index contributed by atoms with van der Waals surface area (Å²) in [5, 5.41) is 0. The van der Waals surface area contributed by atoms with Gasteiger partial charge in [0.1, 0.15) is 0 Å². The van der Waals surface area contributed by atoms with E-state index in [1.165, 1.54) is 0 Å². The van der Waals surface area contributed by atoms with E-state index in [9.17, 15) is 4.79 Å². The second-order valence-electron chi connectivity index (χ2n) is 4.11. The van der Waals surface area contributed by atoms with Gasteiger partial charge in [-0.15, -0.1) is 0 Å². The molecule has 3 rings (SSSR count). The first kappa shape index (κ1) is 11.4. The van der Waals surface area contributed by atoms with Gasteiger partial charge in [0.2, 0.25) is 5.90 Å². The summed E-state index contributed by atoms with van der Waals surface area (Å²) >= 11 is 0. The Balaban J connectivity index is 1.94. The zero-order chi connectivity index (χ0) is 13.1. The van der Waals surface area contributed by atoms with Crippen LogP contribution in [-0.2, 0) is 9.53 Å². The lowest BCUT2D eigenvalue weighted by Gasteiger charge is -1.97. The van der Waals surface area contributed by atoms with E-state index in [1.807, 2.05) is 60.7 Å². The van der Waals surface area contributed by atoms with E-state index in [2.05, 4.69) is 4.99 Å². The van der Waals surface area contributed by atoms with Crippen LogP contribution in [0.4, 0.5) is 0 Å². The Morgan fingerprint density at radius 1 is 0.895 bits per heavy atom. The van der Waals surface area contributed by atoms with Crippen molar-refractivity contribution >= 4 is 17.9 Å². The molecule has 0 aliphatic carbocycles. The van der Waals surface area contributed by atoms with Crippen LogP contribution in [0.25, 0.3) is 6.08 Å². The van der Waals surface area contributed by atoms with Gasteiger partial charge in [-0.1, -0.05) is 48.5 Å². The van der Waals surface area contributed by atoms with Crippen LogP contribution in [0.5, 0.6) is 0 Å². The monoisotopic (exact) mass is 249 g/mol. The van der Waals surface area contributed by atoms with Crippen LogP contribution in [0, 0.1) is 0 Å². The molecule has 0 radical (unpaired) electrons. The van der Waals surface area contributed by atoms with Crippen LogP contribution in [0.15, 0.2) is 71.4 Å². The van der Waals surface area contributed by atoms with Crippen LogP contribution < -0.4 is 0 Å². The molecule has 0 bridgehead atoms. The van der Waals surface area contributed by atoms with Gasteiger partial charge >= 0.3 is 5.97 Å². The van der Waals surface area contributed by atoms with Gasteiger partial charge in [-0.25, -0.2) is 9.79 Å². The average Bonchev–Trinajstić information content (AvgIpc) is 2.82. The van der Waals surface area contributed by atoms with Gasteiger partial charge in [-0.05, 0) is 23.8 Å². The maximum atomic E-state index is 11.8. The third kappa shape index (κ3) is 2.45. The smallest absolute Gasteiger partial charge is 0.363 e. The molecule has 19 heavy (non-hydrogen) atoms. The molecule has 3 nitrogen and oxygen atoms in total. The highest BCUT2D eigenvalue weighted by atomic mass is 16.6. The van der Waals surface area contributed by atoms with Crippen LogP contribution in [-0.4, -0.2) is 11.9 Å². The van der Waals surface area contributed by atoms with E-state index in [4.69, 9.17) is 4.74 Å². The van der Waals surface area contributed by atoms with Crippen molar-refractivity contribution in [3.8, 4) is 0 Å². The molecule has 2 aromatic rings. The first-order chi connectivity index (χ1) is 9.33. The summed E-state index contributed by atoms with van der Waals surface area (Å²) in [5.74, 6) is -0.0597. The van der Waals surface area contributed by atoms with Crippen LogP contribution >= 0.6 is 0 Å². The SMILES string of the molecule is O=C1OC(c2ccccc2)=N/C1=C\c1ccccc1. The van der Waals surface area contributed by atoms with Crippen molar-refractivity contribution in [1.29, 1.82) is 0 Å². The second-order valence-corrected chi connectivity index (χ2v) is 4.11. The number of aliphatic imine (C=N–C) groups is 1. The molecule has 0 N–H and O–H groups in total. The van der Waals surface area contributed by atoms with E-state index < -0.39 is 5.97 Å². The molecule has 0 atom stereocenters. The molecule has 0 aromatic heterocycles. The summed E-state index contributed by atoms with van der Waals surface area (Å²) in [6.07, 6.45) is 1.72. The Kier molecular flexibility index (Phi) is 2.94. The number of nitrogens with zero attached hydrogens (tertiary/aromatic N) is 1. The predicted molar refractivity (Wildman–Crippen MR) is 73.5 cm³/mol. The summed E-state index contributed by atoms with van der Waals surface area (Å²) in [7, 11) is 0. The van der Waals surface area contributed by atoms with Crippen molar-refractivity contribution in [2.45, 2.75) is 0 Å². The molecule has 1 aliphatic heterocycles. The molecule has 1 heterocycles. The second kappa shape index (κ2) is 4.90. The summed E-state index contributed by atoms with van der Waals surface area (Å²) in [4.78, 5) is 16.0. The third-order valence-corrected chi connectivity index (χ3v) is 2.74. The number of cyclic esters (lactones) is 1.